The Kier molecular flexibility index (Phi) is 2.79. The van der Waals surface area contributed by atoms with E-state index >= 15 is 0 Å². The lowest BCUT2D eigenvalue weighted by atomic mass is 9.76. The van der Waals surface area contributed by atoms with Crippen molar-refractivity contribution in [2.75, 3.05) is 0 Å². The number of nitrogens with two attached hydrogens (primary N) is 1. The molecule has 2 heteroatoms. The van der Waals surface area contributed by atoms with Gasteiger partial charge in [0.15, 0.2) is 0 Å². The summed E-state index contributed by atoms with van der Waals surface area (Å²) in [5.74, 6) is 0.367. The molecule has 1 saturated carbocycles. The molecule has 0 saturated heterocycles. The minimum atomic E-state index is -0.131. The summed E-state index contributed by atoms with van der Waals surface area (Å²) in [7, 11) is 0. The number of hydrogen-bond donors (Lipinski definition) is 1. The van der Waals surface area contributed by atoms with Crippen LogP contribution in [0.15, 0.2) is 24.3 Å². The van der Waals surface area contributed by atoms with Gasteiger partial charge in [0.05, 0.1) is 0 Å². The molecule has 0 heterocycles. The Balaban J connectivity index is 2.08. The zero-order valence-electron chi connectivity index (χ0n) is 9.17. The minimum Gasteiger partial charge on any atom is -0.325 e. The topological polar surface area (TPSA) is 26.0 Å². The Morgan fingerprint density at radius 2 is 2.00 bits per heavy atom. The fourth-order valence-electron chi connectivity index (χ4n) is 2.37. The van der Waals surface area contributed by atoms with E-state index in [1.807, 2.05) is 6.07 Å². The monoisotopic (exact) mass is 207 g/mol. The fourth-order valence-corrected chi connectivity index (χ4v) is 2.37. The molecular weight excluding hydrogens is 189 g/mol. The van der Waals surface area contributed by atoms with Crippen molar-refractivity contribution in [2.24, 2.45) is 5.73 Å². The predicted molar refractivity (Wildman–Crippen MR) is 60.2 cm³/mol. The molecule has 1 nitrogen and oxygen atoms in total. The van der Waals surface area contributed by atoms with Crippen LogP contribution in [0.25, 0.3) is 0 Å². The molecule has 2 N–H and O–H groups in total. The maximum absolute atomic E-state index is 13.0. The first-order valence-electron chi connectivity index (χ1n) is 5.61. The first kappa shape index (κ1) is 10.6. The highest BCUT2D eigenvalue weighted by Crippen LogP contribution is 2.36. The van der Waals surface area contributed by atoms with Crippen LogP contribution in [0.3, 0.4) is 0 Å². The molecule has 0 spiro atoms. The number of benzene rings is 1. The maximum Gasteiger partial charge on any atom is 0.123 e. The van der Waals surface area contributed by atoms with Gasteiger partial charge in [0.2, 0.25) is 0 Å². The molecule has 0 amide bonds. The van der Waals surface area contributed by atoms with Gasteiger partial charge in [-0.3, -0.25) is 0 Å². The second-order valence-electron chi connectivity index (χ2n) is 4.98. The van der Waals surface area contributed by atoms with Crippen LogP contribution in [-0.2, 0) is 0 Å². The molecule has 15 heavy (non-hydrogen) atoms. The number of hydrogen-bond acceptors (Lipinski definition) is 1. The van der Waals surface area contributed by atoms with Crippen LogP contribution in [0.2, 0.25) is 0 Å². The van der Waals surface area contributed by atoms with Gasteiger partial charge in [0.25, 0.3) is 0 Å². The third kappa shape index (κ3) is 2.57. The van der Waals surface area contributed by atoms with Crippen LogP contribution in [0.1, 0.15) is 44.1 Å². The van der Waals surface area contributed by atoms with Gasteiger partial charge in [-0.15, -0.1) is 0 Å². The molecule has 1 fully saturated rings. The fraction of sp³-hybridized carbons (Fsp3) is 0.538. The highest BCUT2D eigenvalue weighted by atomic mass is 19.1. The van der Waals surface area contributed by atoms with Crippen LogP contribution < -0.4 is 5.73 Å². The van der Waals surface area contributed by atoms with E-state index in [1.54, 1.807) is 12.1 Å². The van der Waals surface area contributed by atoms with Gasteiger partial charge < -0.3 is 5.73 Å². The molecule has 1 aromatic carbocycles. The lowest BCUT2D eigenvalue weighted by Crippen LogP contribution is -2.39. The Hall–Kier alpha value is -0.890. The average Bonchev–Trinajstić information content (AvgIpc) is 2.17. The molecule has 0 aromatic heterocycles. The van der Waals surface area contributed by atoms with E-state index in [0.717, 1.165) is 31.2 Å². The van der Waals surface area contributed by atoms with Gasteiger partial charge in [0, 0.05) is 5.54 Å². The third-order valence-electron chi connectivity index (χ3n) is 3.45. The van der Waals surface area contributed by atoms with Crippen LogP contribution in [0, 0.1) is 5.82 Å². The standard InChI is InChI=1S/C13H18FN/c1-13(15)7-5-10(6-8-13)11-3-2-4-12(14)9-11/h2-4,9-10H,5-8,15H2,1H3. The maximum atomic E-state index is 13.0. The lowest BCUT2D eigenvalue weighted by molar-refractivity contribution is 0.295. The summed E-state index contributed by atoms with van der Waals surface area (Å²) in [5, 5.41) is 0. The smallest absolute Gasteiger partial charge is 0.123 e. The van der Waals surface area contributed by atoms with E-state index in [1.165, 1.54) is 6.07 Å². The van der Waals surface area contributed by atoms with Gasteiger partial charge >= 0.3 is 0 Å². The van der Waals surface area contributed by atoms with Crippen LogP contribution in [-0.4, -0.2) is 5.54 Å². The summed E-state index contributed by atoms with van der Waals surface area (Å²) < 4.78 is 13.0. The van der Waals surface area contributed by atoms with Gasteiger partial charge in [-0.05, 0) is 56.2 Å². The van der Waals surface area contributed by atoms with Gasteiger partial charge in [-0.1, -0.05) is 12.1 Å². The molecular formula is C13H18FN. The molecule has 1 aliphatic rings. The predicted octanol–water partition coefficient (Wildman–Crippen LogP) is 3.20. The van der Waals surface area contributed by atoms with E-state index in [2.05, 4.69) is 6.92 Å². The number of halogens is 1. The summed E-state index contributed by atoms with van der Waals surface area (Å²) in [6, 6.07) is 6.97. The Morgan fingerprint density at radius 3 is 2.60 bits per heavy atom. The van der Waals surface area contributed by atoms with Crippen molar-refractivity contribution in [1.29, 1.82) is 0 Å². The van der Waals surface area contributed by atoms with Crippen molar-refractivity contribution >= 4 is 0 Å². The zero-order chi connectivity index (χ0) is 10.9. The molecule has 1 aromatic rings. The van der Waals surface area contributed by atoms with E-state index < -0.39 is 0 Å². The third-order valence-corrected chi connectivity index (χ3v) is 3.45. The van der Waals surface area contributed by atoms with Crippen molar-refractivity contribution in [3.05, 3.63) is 35.6 Å². The van der Waals surface area contributed by atoms with Crippen molar-refractivity contribution in [1.82, 2.24) is 0 Å². The van der Waals surface area contributed by atoms with E-state index in [9.17, 15) is 4.39 Å². The van der Waals surface area contributed by atoms with Crippen molar-refractivity contribution in [3.8, 4) is 0 Å². The summed E-state index contributed by atoms with van der Waals surface area (Å²) in [5.41, 5.74) is 7.19. The van der Waals surface area contributed by atoms with Gasteiger partial charge in [-0.2, -0.15) is 0 Å². The van der Waals surface area contributed by atoms with Crippen LogP contribution in [0.4, 0.5) is 4.39 Å². The molecule has 1 aliphatic carbocycles. The van der Waals surface area contributed by atoms with Gasteiger partial charge in [-0.25, -0.2) is 4.39 Å². The molecule has 82 valence electrons. The molecule has 0 atom stereocenters. The van der Waals surface area contributed by atoms with E-state index in [-0.39, 0.29) is 11.4 Å². The summed E-state index contributed by atoms with van der Waals surface area (Å²) >= 11 is 0. The summed E-state index contributed by atoms with van der Waals surface area (Å²) in [6.45, 7) is 2.11. The Labute approximate surface area is 90.5 Å². The summed E-state index contributed by atoms with van der Waals surface area (Å²) in [6.07, 6.45) is 4.23. The normalized spacial score (nSPS) is 31.5. The highest BCUT2D eigenvalue weighted by Gasteiger charge is 2.27. The van der Waals surface area contributed by atoms with Crippen molar-refractivity contribution < 1.29 is 4.39 Å². The van der Waals surface area contributed by atoms with Gasteiger partial charge in [0.1, 0.15) is 5.82 Å². The minimum absolute atomic E-state index is 0.0101. The second kappa shape index (κ2) is 3.93. The molecule has 2 rings (SSSR count). The zero-order valence-corrected chi connectivity index (χ0v) is 9.17. The van der Waals surface area contributed by atoms with Crippen molar-refractivity contribution in [2.45, 2.75) is 44.1 Å². The van der Waals surface area contributed by atoms with Crippen LogP contribution >= 0.6 is 0 Å². The first-order chi connectivity index (χ1) is 7.07. The molecule has 0 unspecified atom stereocenters. The number of rotatable bonds is 1. The Morgan fingerprint density at radius 1 is 1.33 bits per heavy atom. The summed E-state index contributed by atoms with van der Waals surface area (Å²) in [4.78, 5) is 0. The van der Waals surface area contributed by atoms with E-state index in [4.69, 9.17) is 5.73 Å². The lowest BCUT2D eigenvalue weighted by Gasteiger charge is -2.34. The molecule has 0 aliphatic heterocycles. The van der Waals surface area contributed by atoms with E-state index in [0.29, 0.717) is 5.92 Å². The highest BCUT2D eigenvalue weighted by molar-refractivity contribution is 5.21. The quantitative estimate of drug-likeness (QED) is 0.752. The average molecular weight is 207 g/mol. The molecule has 0 radical (unpaired) electrons. The molecule has 0 bridgehead atoms. The van der Waals surface area contributed by atoms with Crippen molar-refractivity contribution in [3.63, 3.8) is 0 Å². The SMILES string of the molecule is CC1(N)CCC(c2cccc(F)c2)CC1. The van der Waals surface area contributed by atoms with Crippen LogP contribution in [0.5, 0.6) is 0 Å². The Bertz CT molecular complexity index is 336. The second-order valence-corrected chi connectivity index (χ2v) is 4.98. The first-order valence-corrected chi connectivity index (χ1v) is 5.61. The largest absolute Gasteiger partial charge is 0.325 e.